The first kappa shape index (κ1) is 20.6. The van der Waals surface area contributed by atoms with Gasteiger partial charge in [0.25, 0.3) is 5.91 Å². The van der Waals surface area contributed by atoms with Crippen LogP contribution in [-0.2, 0) is 6.54 Å². The average Bonchev–Trinajstić information content (AvgIpc) is 2.67. The van der Waals surface area contributed by atoms with E-state index in [0.29, 0.717) is 16.6 Å². The van der Waals surface area contributed by atoms with Crippen LogP contribution in [0.4, 0.5) is 5.69 Å². The number of halogens is 1. The summed E-state index contributed by atoms with van der Waals surface area (Å²) >= 11 is 6.11. The first-order chi connectivity index (χ1) is 13.5. The van der Waals surface area contributed by atoms with Gasteiger partial charge in [-0.25, -0.2) is 0 Å². The zero-order valence-corrected chi connectivity index (χ0v) is 17.1. The highest BCUT2D eigenvalue weighted by molar-refractivity contribution is 6.34. The maximum atomic E-state index is 12.4. The predicted octanol–water partition coefficient (Wildman–Crippen LogP) is 4.72. The molecule has 0 unspecified atom stereocenters. The Balaban J connectivity index is 1.51. The van der Waals surface area contributed by atoms with Gasteiger partial charge in [0.1, 0.15) is 0 Å². The molecule has 0 radical (unpaired) electrons. The summed E-state index contributed by atoms with van der Waals surface area (Å²) in [5.74, 6) is -0.194. The van der Waals surface area contributed by atoms with Crippen LogP contribution in [0.1, 0.15) is 35.7 Å². The fourth-order valence-electron chi connectivity index (χ4n) is 3.54. The van der Waals surface area contributed by atoms with Gasteiger partial charge in [0.2, 0.25) is 0 Å². The smallest absolute Gasteiger partial charge is 0.257 e. The van der Waals surface area contributed by atoms with E-state index < -0.39 is 0 Å². The fourth-order valence-corrected chi connectivity index (χ4v) is 3.76. The average molecular weight is 398 g/mol. The van der Waals surface area contributed by atoms with Crippen LogP contribution in [0.2, 0.25) is 5.02 Å². The summed E-state index contributed by atoms with van der Waals surface area (Å²) in [5.41, 5.74) is 3.64. The Bertz CT molecular complexity index is 828. The van der Waals surface area contributed by atoms with Crippen molar-refractivity contribution in [3.8, 4) is 0 Å². The Morgan fingerprint density at radius 1 is 1.18 bits per heavy atom. The lowest BCUT2D eigenvalue weighted by atomic mass is 10.0. The number of nitrogens with zero attached hydrogens (tertiary/aromatic N) is 1. The molecule has 0 aliphatic carbocycles. The molecule has 0 aromatic heterocycles. The van der Waals surface area contributed by atoms with E-state index in [0.717, 1.165) is 50.3 Å². The summed E-state index contributed by atoms with van der Waals surface area (Å²) in [6.07, 6.45) is 2.30. The van der Waals surface area contributed by atoms with Gasteiger partial charge in [-0.1, -0.05) is 48.0 Å². The van der Waals surface area contributed by atoms with Crippen LogP contribution < -0.4 is 10.6 Å². The Kier molecular flexibility index (Phi) is 7.26. The molecule has 5 heteroatoms. The van der Waals surface area contributed by atoms with E-state index in [4.69, 9.17) is 11.6 Å². The maximum absolute atomic E-state index is 12.4. The van der Waals surface area contributed by atoms with Gasteiger partial charge in [-0.05, 0) is 62.7 Å². The molecule has 2 N–H and O–H groups in total. The number of amides is 1. The molecule has 0 spiro atoms. The van der Waals surface area contributed by atoms with Crippen molar-refractivity contribution in [2.45, 2.75) is 32.4 Å². The number of carbonyl (C=O) groups excluding carboxylic acids is 1. The van der Waals surface area contributed by atoms with E-state index in [2.05, 4.69) is 35.1 Å². The number of carbonyl (C=O) groups is 1. The monoisotopic (exact) mass is 397 g/mol. The molecule has 4 nitrogen and oxygen atoms in total. The van der Waals surface area contributed by atoms with Gasteiger partial charge in [0, 0.05) is 24.8 Å². The van der Waals surface area contributed by atoms with Crippen molar-refractivity contribution in [2.75, 3.05) is 25.0 Å². The number of hydrogen-bond donors (Lipinski definition) is 2. The molecule has 148 valence electrons. The molecule has 1 aliphatic heterocycles. The number of rotatable bonds is 7. The van der Waals surface area contributed by atoms with Crippen molar-refractivity contribution in [3.05, 3.63) is 76.8 Å². The number of benzene rings is 2. The van der Waals surface area contributed by atoms with E-state index in [1.165, 1.54) is 5.57 Å². The summed E-state index contributed by atoms with van der Waals surface area (Å²) in [6.45, 7) is 10.1. The number of nitrogens with one attached hydrogen (secondary N) is 2. The minimum Gasteiger partial charge on any atom is -0.322 e. The number of anilines is 1. The van der Waals surface area contributed by atoms with Crippen LogP contribution in [0.3, 0.4) is 0 Å². The highest BCUT2D eigenvalue weighted by Crippen LogP contribution is 2.18. The third-order valence-electron chi connectivity index (χ3n) is 4.98. The van der Waals surface area contributed by atoms with Gasteiger partial charge in [0.15, 0.2) is 0 Å². The molecule has 0 bridgehead atoms. The molecule has 1 fully saturated rings. The van der Waals surface area contributed by atoms with Gasteiger partial charge in [0.05, 0.1) is 10.6 Å². The first-order valence-corrected chi connectivity index (χ1v) is 10.1. The van der Waals surface area contributed by atoms with Crippen molar-refractivity contribution in [3.63, 3.8) is 0 Å². The van der Waals surface area contributed by atoms with Crippen LogP contribution in [0, 0.1) is 0 Å². The SMILES string of the molecule is C=C(C)CN1CCC(NCc2cccc(NC(=O)c3ccccc3Cl)c2)CC1. The Morgan fingerprint density at radius 3 is 2.64 bits per heavy atom. The highest BCUT2D eigenvalue weighted by atomic mass is 35.5. The molecule has 1 amide bonds. The Labute approximate surface area is 172 Å². The third-order valence-corrected chi connectivity index (χ3v) is 5.31. The minimum atomic E-state index is -0.194. The van der Waals surface area contributed by atoms with Crippen molar-refractivity contribution < 1.29 is 4.79 Å². The van der Waals surface area contributed by atoms with Gasteiger partial charge < -0.3 is 10.6 Å². The molecule has 0 atom stereocenters. The molecule has 3 rings (SSSR count). The zero-order valence-electron chi connectivity index (χ0n) is 16.4. The van der Waals surface area contributed by atoms with Crippen LogP contribution >= 0.6 is 11.6 Å². The van der Waals surface area contributed by atoms with E-state index in [1.54, 1.807) is 12.1 Å². The second-order valence-electron chi connectivity index (χ2n) is 7.52. The first-order valence-electron chi connectivity index (χ1n) is 9.76. The third kappa shape index (κ3) is 5.93. The zero-order chi connectivity index (χ0) is 19.9. The van der Waals surface area contributed by atoms with Crippen LogP contribution in [0.25, 0.3) is 0 Å². The van der Waals surface area contributed by atoms with Crippen LogP contribution in [0.5, 0.6) is 0 Å². The largest absolute Gasteiger partial charge is 0.322 e. The van der Waals surface area contributed by atoms with Crippen LogP contribution in [0.15, 0.2) is 60.7 Å². The molecule has 0 saturated carbocycles. The highest BCUT2D eigenvalue weighted by Gasteiger charge is 2.18. The minimum absolute atomic E-state index is 0.194. The summed E-state index contributed by atoms with van der Waals surface area (Å²) in [7, 11) is 0. The summed E-state index contributed by atoms with van der Waals surface area (Å²) < 4.78 is 0. The molecule has 1 heterocycles. The lowest BCUT2D eigenvalue weighted by Gasteiger charge is -2.32. The quantitative estimate of drug-likeness (QED) is 0.664. The lowest BCUT2D eigenvalue weighted by Crippen LogP contribution is -2.42. The molecular formula is C23H28ClN3O. The standard InChI is InChI=1S/C23H28ClN3O/c1-17(2)16-27-12-10-19(11-13-27)25-15-18-6-5-7-20(14-18)26-23(28)21-8-3-4-9-22(21)24/h3-9,14,19,25H,1,10-13,15-16H2,2H3,(H,26,28). The number of piperidine rings is 1. The second-order valence-corrected chi connectivity index (χ2v) is 7.93. The second kappa shape index (κ2) is 9.87. The normalized spacial score (nSPS) is 15.4. The lowest BCUT2D eigenvalue weighted by molar-refractivity contribution is 0.102. The molecule has 1 saturated heterocycles. The molecular weight excluding hydrogens is 370 g/mol. The Hall–Kier alpha value is -2.14. The number of hydrogen-bond acceptors (Lipinski definition) is 3. The van der Waals surface area contributed by atoms with E-state index in [9.17, 15) is 4.79 Å². The molecule has 2 aromatic rings. The van der Waals surface area contributed by atoms with Gasteiger partial charge in [-0.2, -0.15) is 0 Å². The molecule has 2 aromatic carbocycles. The van der Waals surface area contributed by atoms with Crippen molar-refractivity contribution in [1.29, 1.82) is 0 Å². The van der Waals surface area contributed by atoms with Gasteiger partial charge >= 0.3 is 0 Å². The summed E-state index contributed by atoms with van der Waals surface area (Å²) in [6, 6.07) is 15.6. The van der Waals surface area contributed by atoms with Crippen molar-refractivity contribution in [1.82, 2.24) is 10.2 Å². The maximum Gasteiger partial charge on any atom is 0.257 e. The van der Waals surface area contributed by atoms with Gasteiger partial charge in [-0.15, -0.1) is 0 Å². The topological polar surface area (TPSA) is 44.4 Å². The fraction of sp³-hybridized carbons (Fsp3) is 0.348. The predicted molar refractivity (Wildman–Crippen MR) is 117 cm³/mol. The summed E-state index contributed by atoms with van der Waals surface area (Å²) in [5, 5.41) is 7.04. The van der Waals surface area contributed by atoms with Crippen molar-refractivity contribution in [2.24, 2.45) is 0 Å². The molecule has 28 heavy (non-hydrogen) atoms. The Morgan fingerprint density at radius 2 is 1.93 bits per heavy atom. The van der Waals surface area contributed by atoms with Crippen LogP contribution in [-0.4, -0.2) is 36.5 Å². The van der Waals surface area contributed by atoms with E-state index in [-0.39, 0.29) is 5.91 Å². The van der Waals surface area contributed by atoms with Crippen molar-refractivity contribution >= 4 is 23.2 Å². The molecule has 1 aliphatic rings. The summed E-state index contributed by atoms with van der Waals surface area (Å²) in [4.78, 5) is 14.9. The number of likely N-dealkylation sites (tertiary alicyclic amines) is 1. The van der Waals surface area contributed by atoms with E-state index in [1.807, 2.05) is 30.3 Å². The van der Waals surface area contributed by atoms with Gasteiger partial charge in [-0.3, -0.25) is 9.69 Å². The van der Waals surface area contributed by atoms with E-state index >= 15 is 0 Å².